The number of carbonyl (C=O) groups is 1. The van der Waals surface area contributed by atoms with E-state index in [0.29, 0.717) is 17.3 Å². The number of hydrogen-bond acceptors (Lipinski definition) is 2. The summed E-state index contributed by atoms with van der Waals surface area (Å²) in [5.74, 6) is -0.151. The summed E-state index contributed by atoms with van der Waals surface area (Å²) in [6.45, 7) is 0.470. The van der Waals surface area contributed by atoms with E-state index < -0.39 is 0 Å². The normalized spacial score (nSPS) is 10.7. The third-order valence-corrected chi connectivity index (χ3v) is 2.97. The third-order valence-electron chi connectivity index (χ3n) is 2.72. The lowest BCUT2D eigenvalue weighted by molar-refractivity contribution is -0.116. The first-order chi connectivity index (χ1) is 9.63. The molecule has 102 valence electrons. The van der Waals surface area contributed by atoms with E-state index in [4.69, 9.17) is 17.3 Å². The number of anilines is 1. The number of carbonyl (C=O) groups excluding carboxylic acids is 1. The van der Waals surface area contributed by atoms with E-state index in [1.807, 2.05) is 30.3 Å². The Morgan fingerprint density at radius 2 is 1.95 bits per heavy atom. The van der Waals surface area contributed by atoms with Crippen LogP contribution >= 0.6 is 11.6 Å². The third kappa shape index (κ3) is 4.44. The SMILES string of the molecule is Nc1cccc(/C=C/C(=O)NCc2ccc(Cl)cc2)c1. The van der Waals surface area contributed by atoms with Gasteiger partial charge in [-0.05, 0) is 41.5 Å². The molecule has 0 radical (unpaired) electrons. The predicted octanol–water partition coefficient (Wildman–Crippen LogP) is 3.25. The molecular formula is C16H15ClN2O. The van der Waals surface area contributed by atoms with Gasteiger partial charge in [0.2, 0.25) is 5.91 Å². The van der Waals surface area contributed by atoms with E-state index in [1.54, 1.807) is 24.3 Å². The number of rotatable bonds is 4. The Morgan fingerprint density at radius 3 is 2.65 bits per heavy atom. The minimum Gasteiger partial charge on any atom is -0.399 e. The molecule has 0 saturated carbocycles. The molecule has 1 amide bonds. The van der Waals surface area contributed by atoms with Gasteiger partial charge < -0.3 is 11.1 Å². The predicted molar refractivity (Wildman–Crippen MR) is 83.2 cm³/mol. The standard InChI is InChI=1S/C16H15ClN2O/c17-14-7-4-13(5-8-14)11-19-16(20)9-6-12-2-1-3-15(18)10-12/h1-10H,11,18H2,(H,19,20)/b9-6+. The quantitative estimate of drug-likeness (QED) is 0.669. The highest BCUT2D eigenvalue weighted by Crippen LogP contribution is 2.09. The van der Waals surface area contributed by atoms with E-state index in [2.05, 4.69) is 5.32 Å². The maximum Gasteiger partial charge on any atom is 0.244 e. The van der Waals surface area contributed by atoms with Crippen molar-refractivity contribution in [1.29, 1.82) is 0 Å². The van der Waals surface area contributed by atoms with E-state index in [-0.39, 0.29) is 5.91 Å². The Kier molecular flexibility index (Phi) is 4.80. The molecule has 0 spiro atoms. The average Bonchev–Trinajstić information content (AvgIpc) is 2.45. The zero-order valence-corrected chi connectivity index (χ0v) is 11.6. The number of hydrogen-bond donors (Lipinski definition) is 2. The van der Waals surface area contributed by atoms with Crippen LogP contribution in [-0.2, 0) is 11.3 Å². The number of nitrogens with one attached hydrogen (secondary N) is 1. The van der Waals surface area contributed by atoms with E-state index in [1.165, 1.54) is 6.08 Å². The molecule has 20 heavy (non-hydrogen) atoms. The van der Waals surface area contributed by atoms with Crippen molar-refractivity contribution in [1.82, 2.24) is 5.32 Å². The number of nitrogens with two attached hydrogens (primary N) is 1. The van der Waals surface area contributed by atoms with Gasteiger partial charge in [-0.15, -0.1) is 0 Å². The molecule has 3 nitrogen and oxygen atoms in total. The number of benzene rings is 2. The molecule has 0 atom stereocenters. The van der Waals surface area contributed by atoms with Crippen molar-refractivity contribution in [3.63, 3.8) is 0 Å². The fourth-order valence-corrected chi connectivity index (χ4v) is 1.81. The van der Waals surface area contributed by atoms with Crippen LogP contribution in [0.25, 0.3) is 6.08 Å². The average molecular weight is 287 g/mol. The van der Waals surface area contributed by atoms with Crippen molar-refractivity contribution in [2.45, 2.75) is 6.54 Å². The van der Waals surface area contributed by atoms with Crippen molar-refractivity contribution >= 4 is 29.3 Å². The Labute approximate surface area is 123 Å². The molecule has 2 aromatic carbocycles. The lowest BCUT2D eigenvalue weighted by Crippen LogP contribution is -2.20. The van der Waals surface area contributed by atoms with Crippen LogP contribution in [0.5, 0.6) is 0 Å². The van der Waals surface area contributed by atoms with Crippen molar-refractivity contribution in [2.24, 2.45) is 0 Å². The minimum absolute atomic E-state index is 0.151. The molecule has 0 aliphatic heterocycles. The molecule has 2 aromatic rings. The Bertz CT molecular complexity index is 621. The largest absolute Gasteiger partial charge is 0.399 e. The summed E-state index contributed by atoms with van der Waals surface area (Å²) in [7, 11) is 0. The van der Waals surface area contributed by atoms with Crippen molar-refractivity contribution in [3.8, 4) is 0 Å². The molecule has 4 heteroatoms. The lowest BCUT2D eigenvalue weighted by atomic mass is 10.2. The monoisotopic (exact) mass is 286 g/mol. The first-order valence-electron chi connectivity index (χ1n) is 6.19. The molecular weight excluding hydrogens is 272 g/mol. The molecule has 3 N–H and O–H groups in total. The Balaban J connectivity index is 1.88. The summed E-state index contributed by atoms with van der Waals surface area (Å²) < 4.78 is 0. The highest BCUT2D eigenvalue weighted by atomic mass is 35.5. The van der Waals surface area contributed by atoms with Crippen molar-refractivity contribution in [3.05, 3.63) is 70.8 Å². The van der Waals surface area contributed by atoms with Gasteiger partial charge in [0, 0.05) is 23.3 Å². The first kappa shape index (κ1) is 14.2. The summed E-state index contributed by atoms with van der Waals surface area (Å²) in [6.07, 6.45) is 3.22. The first-order valence-corrected chi connectivity index (χ1v) is 6.57. The Hall–Kier alpha value is -2.26. The summed E-state index contributed by atoms with van der Waals surface area (Å²) in [6, 6.07) is 14.7. The highest BCUT2D eigenvalue weighted by Gasteiger charge is 1.97. The van der Waals surface area contributed by atoms with Gasteiger partial charge in [-0.25, -0.2) is 0 Å². The molecule has 0 aliphatic carbocycles. The number of nitrogen functional groups attached to an aromatic ring is 1. The van der Waals surface area contributed by atoms with Gasteiger partial charge in [0.1, 0.15) is 0 Å². The molecule has 2 rings (SSSR count). The van der Waals surface area contributed by atoms with Crippen LogP contribution in [0.1, 0.15) is 11.1 Å². The maximum absolute atomic E-state index is 11.7. The summed E-state index contributed by atoms with van der Waals surface area (Å²) in [5, 5.41) is 3.49. The Morgan fingerprint density at radius 1 is 1.20 bits per heavy atom. The van der Waals surface area contributed by atoms with Crippen LogP contribution in [0.15, 0.2) is 54.6 Å². The summed E-state index contributed by atoms with van der Waals surface area (Å²) >= 11 is 5.80. The van der Waals surface area contributed by atoms with Crippen LogP contribution < -0.4 is 11.1 Å². The van der Waals surface area contributed by atoms with Crippen molar-refractivity contribution < 1.29 is 4.79 Å². The van der Waals surface area contributed by atoms with E-state index in [0.717, 1.165) is 11.1 Å². The summed E-state index contributed by atoms with van der Waals surface area (Å²) in [4.78, 5) is 11.7. The van der Waals surface area contributed by atoms with Gasteiger partial charge in [0.15, 0.2) is 0 Å². The van der Waals surface area contributed by atoms with Crippen LogP contribution in [-0.4, -0.2) is 5.91 Å². The molecule has 0 unspecified atom stereocenters. The lowest BCUT2D eigenvalue weighted by Gasteiger charge is -2.02. The fourth-order valence-electron chi connectivity index (χ4n) is 1.68. The fraction of sp³-hybridized carbons (Fsp3) is 0.0625. The van der Waals surface area contributed by atoms with Gasteiger partial charge >= 0.3 is 0 Å². The second-order valence-corrected chi connectivity index (χ2v) is 4.78. The topological polar surface area (TPSA) is 55.1 Å². The van der Waals surface area contributed by atoms with Crippen LogP contribution in [0.3, 0.4) is 0 Å². The van der Waals surface area contributed by atoms with Gasteiger partial charge in [0.25, 0.3) is 0 Å². The van der Waals surface area contributed by atoms with Crippen molar-refractivity contribution in [2.75, 3.05) is 5.73 Å². The number of halogens is 1. The van der Waals surface area contributed by atoms with Crippen LogP contribution in [0.2, 0.25) is 5.02 Å². The molecule has 0 heterocycles. The molecule has 0 saturated heterocycles. The van der Waals surface area contributed by atoms with Gasteiger partial charge in [0.05, 0.1) is 0 Å². The van der Waals surface area contributed by atoms with E-state index >= 15 is 0 Å². The van der Waals surface area contributed by atoms with Crippen LogP contribution in [0, 0.1) is 0 Å². The minimum atomic E-state index is -0.151. The molecule has 0 aliphatic rings. The molecule has 0 aromatic heterocycles. The zero-order valence-electron chi connectivity index (χ0n) is 10.8. The molecule has 0 bridgehead atoms. The van der Waals surface area contributed by atoms with Gasteiger partial charge in [-0.2, -0.15) is 0 Å². The maximum atomic E-state index is 11.7. The zero-order chi connectivity index (χ0) is 14.4. The highest BCUT2D eigenvalue weighted by molar-refractivity contribution is 6.30. The summed E-state index contributed by atoms with van der Waals surface area (Å²) in [5.41, 5.74) is 8.24. The number of amides is 1. The smallest absolute Gasteiger partial charge is 0.244 e. The van der Waals surface area contributed by atoms with E-state index in [9.17, 15) is 4.79 Å². The van der Waals surface area contributed by atoms with Gasteiger partial charge in [-0.1, -0.05) is 35.9 Å². The second-order valence-electron chi connectivity index (χ2n) is 4.35. The second kappa shape index (κ2) is 6.78. The van der Waals surface area contributed by atoms with Gasteiger partial charge in [-0.3, -0.25) is 4.79 Å². The molecule has 0 fully saturated rings. The van der Waals surface area contributed by atoms with Crippen LogP contribution in [0.4, 0.5) is 5.69 Å².